The lowest BCUT2D eigenvalue weighted by Gasteiger charge is -2.30. The van der Waals surface area contributed by atoms with Crippen molar-refractivity contribution in [3.8, 4) is 0 Å². The molecule has 0 aromatic heterocycles. The topological polar surface area (TPSA) is 12.5 Å². The molecule has 2 saturated heterocycles. The van der Waals surface area contributed by atoms with Crippen LogP contribution in [0.5, 0.6) is 0 Å². The Bertz CT molecular complexity index is 224. The van der Waals surface area contributed by atoms with E-state index in [9.17, 15) is 0 Å². The molecule has 2 fully saturated rings. The Morgan fingerprint density at radius 3 is 3.15 bits per heavy atom. The average molecular weight is 181 g/mol. The van der Waals surface area contributed by atoms with Crippen LogP contribution >= 0.6 is 0 Å². The van der Waals surface area contributed by atoms with E-state index in [0.29, 0.717) is 5.54 Å². The normalized spacial score (nSPS) is 37.2. The third-order valence-electron chi connectivity index (χ3n) is 3.51. The van der Waals surface area contributed by atoms with E-state index >= 15 is 0 Å². The second-order valence-corrected chi connectivity index (χ2v) is 4.31. The van der Waals surface area contributed by atoms with E-state index in [2.05, 4.69) is 17.9 Å². The fourth-order valence-electron chi connectivity index (χ4n) is 2.84. The molecule has 2 aliphatic rings. The second kappa shape index (κ2) is 3.43. The van der Waals surface area contributed by atoms with Crippen LogP contribution in [0.25, 0.3) is 0 Å². The number of hydrogen-bond acceptors (Lipinski definition) is 2. The van der Waals surface area contributed by atoms with Crippen LogP contribution in [0.1, 0.15) is 26.2 Å². The van der Waals surface area contributed by atoms with Gasteiger partial charge in [-0.15, -0.1) is 0 Å². The van der Waals surface area contributed by atoms with Crippen molar-refractivity contribution in [2.45, 2.75) is 31.7 Å². The van der Waals surface area contributed by atoms with Gasteiger partial charge in [0.1, 0.15) is 0 Å². The lowest BCUT2D eigenvalue weighted by Crippen LogP contribution is -2.42. The molecule has 0 spiro atoms. The molecule has 0 saturated carbocycles. The van der Waals surface area contributed by atoms with Crippen molar-refractivity contribution in [3.05, 3.63) is 11.6 Å². The molecule has 2 heteroatoms. The predicted molar refractivity (Wildman–Crippen MR) is 53.8 cm³/mol. The highest BCUT2D eigenvalue weighted by Gasteiger charge is 2.45. The molecule has 1 atom stereocenters. The van der Waals surface area contributed by atoms with Crippen LogP contribution in [0.2, 0.25) is 0 Å². The monoisotopic (exact) mass is 181 g/mol. The number of methoxy groups -OCH3 is 1. The Kier molecular flexibility index (Phi) is 2.43. The highest BCUT2D eigenvalue weighted by Crippen LogP contribution is 2.41. The third kappa shape index (κ3) is 1.42. The number of rotatable bonds is 2. The second-order valence-electron chi connectivity index (χ2n) is 4.31. The summed E-state index contributed by atoms with van der Waals surface area (Å²) in [5.41, 5.74) is 1.97. The van der Waals surface area contributed by atoms with Crippen molar-refractivity contribution in [3.63, 3.8) is 0 Å². The molecule has 0 amide bonds. The minimum Gasteiger partial charge on any atom is -0.383 e. The van der Waals surface area contributed by atoms with Crippen molar-refractivity contribution in [2.75, 3.05) is 26.8 Å². The van der Waals surface area contributed by atoms with E-state index in [-0.39, 0.29) is 0 Å². The number of nitrogens with zero attached hydrogens (tertiary/aromatic N) is 1. The van der Waals surface area contributed by atoms with E-state index < -0.39 is 0 Å². The fraction of sp³-hybridized carbons (Fsp3) is 0.818. The van der Waals surface area contributed by atoms with E-state index in [0.717, 1.165) is 6.61 Å². The first-order valence-corrected chi connectivity index (χ1v) is 5.19. The van der Waals surface area contributed by atoms with Gasteiger partial charge in [-0.3, -0.25) is 4.90 Å². The molecule has 2 nitrogen and oxygen atoms in total. The van der Waals surface area contributed by atoms with Crippen LogP contribution < -0.4 is 0 Å². The van der Waals surface area contributed by atoms with Crippen LogP contribution in [-0.2, 0) is 4.74 Å². The van der Waals surface area contributed by atoms with Gasteiger partial charge in [-0.2, -0.15) is 0 Å². The quantitative estimate of drug-likeness (QED) is 0.602. The summed E-state index contributed by atoms with van der Waals surface area (Å²) in [7, 11) is 1.82. The Morgan fingerprint density at radius 2 is 2.46 bits per heavy atom. The van der Waals surface area contributed by atoms with E-state index in [1.54, 1.807) is 5.57 Å². The number of hydrogen-bond donors (Lipinski definition) is 0. The standard InChI is InChI=1S/C11H19NO/c1-3-10-7-11(9-13-2)5-4-6-12(11)8-10/h3H,4-9H2,1-2H3/b10-3-/t11-/m0/s1. The van der Waals surface area contributed by atoms with Gasteiger partial charge < -0.3 is 4.74 Å². The molecule has 13 heavy (non-hydrogen) atoms. The first-order valence-electron chi connectivity index (χ1n) is 5.19. The van der Waals surface area contributed by atoms with Crippen molar-refractivity contribution in [2.24, 2.45) is 0 Å². The van der Waals surface area contributed by atoms with Gasteiger partial charge in [-0.05, 0) is 32.7 Å². The lowest BCUT2D eigenvalue weighted by atomic mass is 9.93. The van der Waals surface area contributed by atoms with Crippen LogP contribution in [0.4, 0.5) is 0 Å². The van der Waals surface area contributed by atoms with Crippen molar-refractivity contribution >= 4 is 0 Å². The molecule has 0 aliphatic carbocycles. The summed E-state index contributed by atoms with van der Waals surface area (Å²) in [6, 6.07) is 0. The van der Waals surface area contributed by atoms with Gasteiger partial charge in [0, 0.05) is 19.2 Å². The minimum absolute atomic E-state index is 0.372. The number of ether oxygens (including phenoxy) is 1. The van der Waals surface area contributed by atoms with Gasteiger partial charge in [0.2, 0.25) is 0 Å². The molecule has 0 radical (unpaired) electrons. The zero-order valence-corrected chi connectivity index (χ0v) is 8.68. The Morgan fingerprint density at radius 1 is 1.62 bits per heavy atom. The van der Waals surface area contributed by atoms with Gasteiger partial charge in [0.25, 0.3) is 0 Å². The summed E-state index contributed by atoms with van der Waals surface area (Å²) < 4.78 is 5.35. The van der Waals surface area contributed by atoms with Crippen LogP contribution in [0.15, 0.2) is 11.6 Å². The lowest BCUT2D eigenvalue weighted by molar-refractivity contribution is 0.0656. The molecule has 0 N–H and O–H groups in total. The average Bonchev–Trinajstić information content (AvgIpc) is 2.60. The minimum atomic E-state index is 0.372. The molecule has 0 aromatic rings. The van der Waals surface area contributed by atoms with Gasteiger partial charge in [-0.1, -0.05) is 11.6 Å². The molecule has 0 unspecified atom stereocenters. The summed E-state index contributed by atoms with van der Waals surface area (Å²) >= 11 is 0. The molecule has 2 rings (SSSR count). The van der Waals surface area contributed by atoms with E-state index in [1.165, 1.54) is 32.4 Å². The molecular weight excluding hydrogens is 162 g/mol. The predicted octanol–water partition coefficient (Wildman–Crippen LogP) is 1.82. The van der Waals surface area contributed by atoms with Gasteiger partial charge in [0.05, 0.1) is 6.61 Å². The van der Waals surface area contributed by atoms with E-state index in [4.69, 9.17) is 4.74 Å². The number of fused-ring (bicyclic) bond motifs is 1. The summed E-state index contributed by atoms with van der Waals surface area (Å²) in [6.45, 7) is 5.50. The van der Waals surface area contributed by atoms with Crippen LogP contribution in [0.3, 0.4) is 0 Å². The molecule has 74 valence electrons. The number of allylic oxidation sites excluding steroid dienone is 1. The smallest absolute Gasteiger partial charge is 0.0649 e. The maximum Gasteiger partial charge on any atom is 0.0649 e. The zero-order valence-electron chi connectivity index (χ0n) is 8.68. The highest BCUT2D eigenvalue weighted by atomic mass is 16.5. The maximum absolute atomic E-state index is 5.35. The van der Waals surface area contributed by atoms with Crippen molar-refractivity contribution < 1.29 is 4.74 Å². The Hall–Kier alpha value is -0.340. The molecule has 2 aliphatic heterocycles. The summed E-state index contributed by atoms with van der Waals surface area (Å²) in [4.78, 5) is 2.60. The summed E-state index contributed by atoms with van der Waals surface area (Å²) in [6.07, 6.45) is 6.17. The summed E-state index contributed by atoms with van der Waals surface area (Å²) in [5, 5.41) is 0. The zero-order chi connectivity index (χ0) is 9.31. The van der Waals surface area contributed by atoms with Crippen molar-refractivity contribution in [1.29, 1.82) is 0 Å². The first kappa shape index (κ1) is 9.22. The SMILES string of the molecule is C/C=C1\CN2CCC[C@@]2(COC)C1. The van der Waals surface area contributed by atoms with Crippen LogP contribution in [0, 0.1) is 0 Å². The van der Waals surface area contributed by atoms with Gasteiger partial charge in [0.15, 0.2) is 0 Å². The fourth-order valence-corrected chi connectivity index (χ4v) is 2.84. The highest BCUT2D eigenvalue weighted by molar-refractivity contribution is 5.19. The Balaban J connectivity index is 2.14. The van der Waals surface area contributed by atoms with Crippen molar-refractivity contribution in [1.82, 2.24) is 4.90 Å². The largest absolute Gasteiger partial charge is 0.383 e. The maximum atomic E-state index is 5.35. The van der Waals surface area contributed by atoms with Gasteiger partial charge in [-0.25, -0.2) is 0 Å². The first-order chi connectivity index (χ1) is 6.30. The van der Waals surface area contributed by atoms with Gasteiger partial charge >= 0.3 is 0 Å². The molecule has 2 heterocycles. The Labute approximate surface area is 80.6 Å². The molecule has 0 bridgehead atoms. The molecule has 0 aromatic carbocycles. The van der Waals surface area contributed by atoms with Crippen LogP contribution in [-0.4, -0.2) is 37.2 Å². The summed E-state index contributed by atoms with van der Waals surface area (Å²) in [5.74, 6) is 0. The van der Waals surface area contributed by atoms with E-state index in [1.807, 2.05) is 7.11 Å². The third-order valence-corrected chi connectivity index (χ3v) is 3.51. The molecular formula is C11H19NO.